The first-order valence-electron chi connectivity index (χ1n) is 22.0. The molecule has 5 heterocycles. The Morgan fingerprint density at radius 1 is 0.700 bits per heavy atom. The van der Waals surface area contributed by atoms with Crippen LogP contribution in [0.25, 0.3) is 0 Å². The molecule has 5 aliphatic heterocycles. The molecular weight excluding hydrogens is 755 g/mol. The Kier molecular flexibility index (Phi) is 10.4. The van der Waals surface area contributed by atoms with Crippen LogP contribution in [0.15, 0.2) is 91.0 Å². The number of phenols is 1. The number of anilines is 1. The zero-order valence-corrected chi connectivity index (χ0v) is 34.0. The maximum atomic E-state index is 13.5. The topological polar surface area (TPSA) is 123 Å². The molecule has 4 aromatic carbocycles. The van der Waals surface area contributed by atoms with E-state index in [1.165, 1.54) is 35.1 Å². The fourth-order valence-corrected chi connectivity index (χ4v) is 11.3. The number of likely N-dealkylation sites (tertiary alicyclic amines) is 2. The number of piperidine rings is 2. The van der Waals surface area contributed by atoms with E-state index in [2.05, 4.69) is 80.7 Å². The Morgan fingerprint density at radius 2 is 1.45 bits per heavy atom. The number of amides is 4. The summed E-state index contributed by atoms with van der Waals surface area (Å²) in [4.78, 5) is 59.7. The maximum absolute atomic E-state index is 13.5. The van der Waals surface area contributed by atoms with E-state index in [0.29, 0.717) is 47.4 Å². The van der Waals surface area contributed by atoms with Crippen molar-refractivity contribution in [1.82, 2.24) is 20.0 Å². The van der Waals surface area contributed by atoms with Crippen LogP contribution >= 0.6 is 0 Å². The molecule has 0 radical (unpaired) electrons. The van der Waals surface area contributed by atoms with Gasteiger partial charge in [0.05, 0.1) is 11.1 Å². The average Bonchev–Trinajstić information content (AvgIpc) is 3.68. The molecule has 310 valence electrons. The van der Waals surface area contributed by atoms with Crippen molar-refractivity contribution in [3.05, 3.63) is 124 Å². The van der Waals surface area contributed by atoms with Crippen LogP contribution in [0, 0.1) is 5.92 Å². The molecule has 60 heavy (non-hydrogen) atoms. The van der Waals surface area contributed by atoms with Crippen molar-refractivity contribution >= 4 is 29.3 Å². The summed E-state index contributed by atoms with van der Waals surface area (Å²) in [5, 5.41) is 12.5. The molecule has 2 bridgehead atoms. The number of benzene rings is 4. The zero-order chi connectivity index (χ0) is 40.9. The molecule has 0 saturated carbocycles. The van der Waals surface area contributed by atoms with Gasteiger partial charge in [0.25, 0.3) is 11.8 Å². The quantitative estimate of drug-likeness (QED) is 0.183. The lowest BCUT2D eigenvalue weighted by molar-refractivity contribution is -0.136. The predicted molar refractivity (Wildman–Crippen MR) is 227 cm³/mol. The molecule has 5 atom stereocenters. The van der Waals surface area contributed by atoms with Crippen LogP contribution in [0.3, 0.4) is 0 Å². The smallest absolute Gasteiger partial charge is 0.262 e. The molecule has 0 aromatic heterocycles. The minimum Gasteiger partial charge on any atom is -0.508 e. The minimum absolute atomic E-state index is 0.107. The van der Waals surface area contributed by atoms with Crippen LogP contribution in [-0.4, -0.2) is 107 Å². The van der Waals surface area contributed by atoms with E-state index in [9.17, 15) is 24.3 Å². The number of imide groups is 2. The van der Waals surface area contributed by atoms with E-state index in [-0.39, 0.29) is 24.7 Å². The van der Waals surface area contributed by atoms with E-state index < -0.39 is 23.8 Å². The number of carbonyl (C=O) groups excluding carboxylic acids is 4. The number of aryl methyl sites for hydroxylation is 1. The van der Waals surface area contributed by atoms with Crippen LogP contribution in [0.4, 0.5) is 5.69 Å². The van der Waals surface area contributed by atoms with Gasteiger partial charge >= 0.3 is 0 Å². The lowest BCUT2D eigenvalue weighted by atomic mass is 9.69. The molecule has 2 N–H and O–H groups in total. The summed E-state index contributed by atoms with van der Waals surface area (Å²) in [6.07, 6.45) is 6.82. The average molecular weight is 808 g/mol. The Labute approximate surface area is 351 Å². The number of nitrogens with zero attached hydrogens (tertiary/aromatic N) is 4. The van der Waals surface area contributed by atoms with Crippen molar-refractivity contribution in [2.24, 2.45) is 5.92 Å². The predicted octanol–water partition coefficient (Wildman–Crippen LogP) is 6.10. The molecule has 4 saturated heterocycles. The number of hydrogen-bond acceptors (Lipinski definition) is 9. The minimum atomic E-state index is -0.957. The van der Waals surface area contributed by atoms with Crippen LogP contribution in [0.5, 0.6) is 11.5 Å². The molecule has 1 aliphatic carbocycles. The second-order valence-corrected chi connectivity index (χ2v) is 17.8. The molecule has 0 spiro atoms. The van der Waals surface area contributed by atoms with Gasteiger partial charge in [0, 0.05) is 56.3 Å². The first-order valence-corrected chi connectivity index (χ1v) is 22.0. The Hall–Kier alpha value is -5.52. The molecule has 3 unspecified atom stereocenters. The molecule has 11 nitrogen and oxygen atoms in total. The SMILES string of the molecule is O=C1CCC(N2C(=O)c3ccc(N4C5CCC4CN(CC4CCN(CCOc6ccc([C@@H]7c8ccc(O)cc8CC[C@@H]7c7ccccc7)cc6)CC4)C5)cc3C2=O)C(=O)N1. The van der Waals surface area contributed by atoms with E-state index >= 15 is 0 Å². The zero-order valence-electron chi connectivity index (χ0n) is 34.0. The molecule has 10 rings (SSSR count). The highest BCUT2D eigenvalue weighted by Gasteiger charge is 2.46. The number of ether oxygens (including phenoxy) is 1. The van der Waals surface area contributed by atoms with Crippen LogP contribution in [0.1, 0.15) is 99.8 Å². The third-order valence-electron chi connectivity index (χ3n) is 14.2. The van der Waals surface area contributed by atoms with Gasteiger partial charge in [-0.2, -0.15) is 0 Å². The summed E-state index contributed by atoms with van der Waals surface area (Å²) >= 11 is 0. The van der Waals surface area contributed by atoms with E-state index in [0.717, 1.165) is 81.3 Å². The molecule has 11 heteroatoms. The Bertz CT molecular complexity index is 2280. The third-order valence-corrected chi connectivity index (χ3v) is 14.2. The van der Waals surface area contributed by atoms with Gasteiger partial charge < -0.3 is 14.7 Å². The second-order valence-electron chi connectivity index (χ2n) is 17.8. The summed E-state index contributed by atoms with van der Waals surface area (Å²) in [6, 6.07) is 30.7. The molecular formula is C49H53N5O6. The summed E-state index contributed by atoms with van der Waals surface area (Å²) in [5.74, 6) is 0.609. The highest BCUT2D eigenvalue weighted by atomic mass is 16.5. The molecule has 4 aromatic rings. The van der Waals surface area contributed by atoms with Gasteiger partial charge in [0.1, 0.15) is 24.1 Å². The van der Waals surface area contributed by atoms with Crippen molar-refractivity contribution in [2.45, 2.75) is 81.3 Å². The number of phenolic OH excluding ortho intramolecular Hbond substituents is 1. The van der Waals surface area contributed by atoms with E-state index in [1.807, 2.05) is 24.3 Å². The van der Waals surface area contributed by atoms with Crippen molar-refractivity contribution in [3.8, 4) is 11.5 Å². The highest BCUT2D eigenvalue weighted by molar-refractivity contribution is 6.23. The number of piperazine rings is 1. The molecule has 4 fully saturated rings. The summed E-state index contributed by atoms with van der Waals surface area (Å²) in [7, 11) is 0. The van der Waals surface area contributed by atoms with Crippen molar-refractivity contribution in [3.63, 3.8) is 0 Å². The third kappa shape index (κ3) is 7.36. The highest BCUT2D eigenvalue weighted by Crippen LogP contribution is 2.47. The Morgan fingerprint density at radius 3 is 2.20 bits per heavy atom. The largest absolute Gasteiger partial charge is 0.508 e. The maximum Gasteiger partial charge on any atom is 0.262 e. The fourth-order valence-electron chi connectivity index (χ4n) is 11.3. The second kappa shape index (κ2) is 16.2. The number of hydrogen-bond donors (Lipinski definition) is 2. The number of aromatic hydroxyl groups is 1. The lowest BCUT2D eigenvalue weighted by Crippen LogP contribution is -2.55. The van der Waals surface area contributed by atoms with Crippen molar-refractivity contribution in [1.29, 1.82) is 0 Å². The van der Waals surface area contributed by atoms with Crippen LogP contribution in [0.2, 0.25) is 0 Å². The molecule has 4 amide bonds. The summed E-state index contributed by atoms with van der Waals surface area (Å²) < 4.78 is 6.30. The van der Waals surface area contributed by atoms with E-state index in [4.69, 9.17) is 4.74 Å². The van der Waals surface area contributed by atoms with Gasteiger partial charge in [-0.1, -0.05) is 48.5 Å². The lowest BCUT2D eigenvalue weighted by Gasteiger charge is -2.44. The first kappa shape index (κ1) is 38.7. The fraction of sp³-hybridized carbons (Fsp3) is 0.429. The normalized spacial score (nSPS) is 26.0. The van der Waals surface area contributed by atoms with Crippen molar-refractivity contribution < 1.29 is 29.0 Å². The van der Waals surface area contributed by atoms with Crippen LogP contribution in [-0.2, 0) is 16.0 Å². The van der Waals surface area contributed by atoms with Gasteiger partial charge in [-0.3, -0.25) is 39.2 Å². The first-order chi connectivity index (χ1) is 29.3. The van der Waals surface area contributed by atoms with Gasteiger partial charge in [-0.05, 0) is 135 Å². The standard InChI is InChI=1S/C49H53N5O6/c55-38-12-17-41-34(26-38)8-15-40(32-4-2-1-3-5-32)46(41)33-6-13-39(14-7-33)60-25-24-51-22-20-31(21-23-51)28-52-29-36-9-10-37(30-52)53(36)35-11-16-42-43(27-35)49(59)54(48(42)58)44-18-19-45(56)50-47(44)57/h1-7,11-14,16-17,26-27,31,36-37,40,44,46,55H,8-10,15,18-25,28-30H2,(H,50,56,57)/t36?,37?,40-,44?,46+/m1/s1. The number of carbonyl (C=O) groups is 4. The van der Waals surface area contributed by atoms with Gasteiger partial charge in [-0.25, -0.2) is 0 Å². The Balaban J connectivity index is 0.699. The van der Waals surface area contributed by atoms with Gasteiger partial charge in [0.15, 0.2) is 0 Å². The summed E-state index contributed by atoms with van der Waals surface area (Å²) in [6.45, 7) is 6.80. The van der Waals surface area contributed by atoms with Gasteiger partial charge in [-0.15, -0.1) is 0 Å². The van der Waals surface area contributed by atoms with Crippen molar-refractivity contribution in [2.75, 3.05) is 50.8 Å². The number of rotatable bonds is 10. The number of nitrogens with one attached hydrogen (secondary N) is 1. The van der Waals surface area contributed by atoms with E-state index in [1.54, 1.807) is 6.07 Å². The molecule has 6 aliphatic rings. The summed E-state index contributed by atoms with van der Waals surface area (Å²) in [5.41, 5.74) is 6.81. The monoisotopic (exact) mass is 807 g/mol. The number of fused-ring (bicyclic) bond motifs is 4. The van der Waals surface area contributed by atoms with Gasteiger partial charge in [0.2, 0.25) is 11.8 Å². The van der Waals surface area contributed by atoms with Crippen LogP contribution < -0.4 is 15.0 Å².